The van der Waals surface area contributed by atoms with E-state index in [-0.39, 0.29) is 18.2 Å². The van der Waals surface area contributed by atoms with Crippen LogP contribution >= 0.6 is 0 Å². The fraction of sp³-hybridized carbons (Fsp3) is 0.429. The molecule has 110 valence electrons. The highest BCUT2D eigenvalue weighted by molar-refractivity contribution is 5.78. The van der Waals surface area contributed by atoms with Crippen LogP contribution in [0.1, 0.15) is 11.4 Å². The summed E-state index contributed by atoms with van der Waals surface area (Å²) in [5.74, 6) is 0.00682. The van der Waals surface area contributed by atoms with Crippen molar-refractivity contribution >= 4 is 5.91 Å². The summed E-state index contributed by atoms with van der Waals surface area (Å²) in [4.78, 5) is 28.9. The van der Waals surface area contributed by atoms with E-state index >= 15 is 0 Å². The molecule has 0 bridgehead atoms. The van der Waals surface area contributed by atoms with E-state index in [1.807, 2.05) is 0 Å². The molecule has 0 spiro atoms. The lowest BCUT2D eigenvalue weighted by Gasteiger charge is -2.15. The summed E-state index contributed by atoms with van der Waals surface area (Å²) < 4.78 is 0. The number of β-amino-alcohol motifs (C(OH)–C–C–N with tert-alkyl or cyclic N) is 1. The molecule has 1 saturated heterocycles. The first-order chi connectivity index (χ1) is 10.2. The van der Waals surface area contributed by atoms with Crippen LogP contribution in [0.25, 0.3) is 0 Å². The highest BCUT2D eigenvalue weighted by Crippen LogP contribution is 2.21. The summed E-state index contributed by atoms with van der Waals surface area (Å²) in [5.41, 5.74) is 1.62. The van der Waals surface area contributed by atoms with Crippen molar-refractivity contribution in [3.63, 3.8) is 0 Å². The van der Waals surface area contributed by atoms with Crippen molar-refractivity contribution in [3.05, 3.63) is 42.5 Å². The number of hydrogen-bond donors (Lipinski definition) is 2. The molecule has 21 heavy (non-hydrogen) atoms. The van der Waals surface area contributed by atoms with Crippen LogP contribution in [0, 0.1) is 5.92 Å². The summed E-state index contributed by atoms with van der Waals surface area (Å²) in [5, 5.41) is 10.1. The molecule has 7 heteroatoms. The number of carbonyl (C=O) groups excluding carboxylic acids is 1. The van der Waals surface area contributed by atoms with Crippen LogP contribution in [0.3, 0.4) is 0 Å². The minimum Gasteiger partial charge on any atom is -0.391 e. The van der Waals surface area contributed by atoms with Gasteiger partial charge in [-0.15, -0.1) is 0 Å². The van der Waals surface area contributed by atoms with E-state index in [1.54, 1.807) is 36.0 Å². The summed E-state index contributed by atoms with van der Waals surface area (Å²) in [6.07, 6.45) is 8.54. The summed E-state index contributed by atoms with van der Waals surface area (Å²) in [6, 6.07) is 0. The Hall–Kier alpha value is -2.28. The van der Waals surface area contributed by atoms with Crippen molar-refractivity contribution in [2.75, 3.05) is 13.1 Å². The maximum absolute atomic E-state index is 12.2. The number of carbonyl (C=O) groups is 1. The molecule has 2 aromatic heterocycles. The zero-order chi connectivity index (χ0) is 14.7. The average molecular weight is 287 g/mol. The van der Waals surface area contributed by atoms with Crippen molar-refractivity contribution in [2.45, 2.75) is 18.9 Å². The quantitative estimate of drug-likeness (QED) is 0.812. The van der Waals surface area contributed by atoms with Crippen molar-refractivity contribution in [1.82, 2.24) is 24.8 Å². The lowest BCUT2D eigenvalue weighted by molar-refractivity contribution is -0.129. The molecule has 3 heterocycles. The molecule has 2 N–H and O–H groups in total. The van der Waals surface area contributed by atoms with Crippen molar-refractivity contribution in [2.24, 2.45) is 5.92 Å². The van der Waals surface area contributed by atoms with Crippen LogP contribution in [0.2, 0.25) is 0 Å². The average Bonchev–Trinajstić information content (AvgIpc) is 3.11. The second kappa shape index (κ2) is 6.01. The van der Waals surface area contributed by atoms with E-state index in [9.17, 15) is 9.90 Å². The van der Waals surface area contributed by atoms with Gasteiger partial charge in [0.15, 0.2) is 0 Å². The van der Waals surface area contributed by atoms with Gasteiger partial charge in [0.25, 0.3) is 0 Å². The first kappa shape index (κ1) is 13.7. The first-order valence-corrected chi connectivity index (χ1v) is 6.90. The molecule has 2 atom stereocenters. The lowest BCUT2D eigenvalue weighted by atomic mass is 10.0. The summed E-state index contributed by atoms with van der Waals surface area (Å²) in [7, 11) is 0. The number of aliphatic hydroxyl groups excluding tert-OH is 1. The smallest absolute Gasteiger partial charge is 0.228 e. The van der Waals surface area contributed by atoms with Crippen LogP contribution in [0.15, 0.2) is 31.1 Å². The third-order valence-electron chi connectivity index (χ3n) is 3.74. The van der Waals surface area contributed by atoms with Gasteiger partial charge in [-0.1, -0.05) is 0 Å². The molecule has 0 aromatic carbocycles. The fourth-order valence-electron chi connectivity index (χ4n) is 2.62. The van der Waals surface area contributed by atoms with Gasteiger partial charge in [0.05, 0.1) is 24.5 Å². The molecule has 2 aromatic rings. The fourth-order valence-corrected chi connectivity index (χ4v) is 2.62. The molecular formula is C14H17N5O2. The number of nitrogens with zero attached hydrogens (tertiary/aromatic N) is 4. The monoisotopic (exact) mass is 287 g/mol. The molecular weight excluding hydrogens is 270 g/mol. The third kappa shape index (κ3) is 3.25. The number of hydrogen-bond acceptors (Lipinski definition) is 5. The van der Waals surface area contributed by atoms with Crippen LogP contribution in [-0.4, -0.2) is 55.0 Å². The minimum atomic E-state index is -0.516. The molecule has 0 aliphatic carbocycles. The van der Waals surface area contributed by atoms with Gasteiger partial charge in [0, 0.05) is 49.5 Å². The van der Waals surface area contributed by atoms with E-state index in [2.05, 4.69) is 19.9 Å². The number of aromatic amines is 1. The molecule has 0 radical (unpaired) electrons. The predicted octanol–water partition coefficient (Wildman–Crippen LogP) is -0.196. The largest absolute Gasteiger partial charge is 0.391 e. The first-order valence-electron chi connectivity index (χ1n) is 6.90. The van der Waals surface area contributed by atoms with Crippen LogP contribution in [0.5, 0.6) is 0 Å². The Labute approximate surface area is 122 Å². The molecule has 0 unspecified atom stereocenters. The van der Waals surface area contributed by atoms with Crippen molar-refractivity contribution < 1.29 is 9.90 Å². The van der Waals surface area contributed by atoms with Gasteiger partial charge in [-0.3, -0.25) is 14.8 Å². The topological polar surface area (TPSA) is 95.0 Å². The number of aromatic nitrogens is 4. The molecule has 0 saturated carbocycles. The maximum atomic E-state index is 12.2. The van der Waals surface area contributed by atoms with E-state index < -0.39 is 6.10 Å². The van der Waals surface area contributed by atoms with Gasteiger partial charge in [-0.25, -0.2) is 4.98 Å². The van der Waals surface area contributed by atoms with Gasteiger partial charge in [-0.05, 0) is 6.42 Å². The van der Waals surface area contributed by atoms with Gasteiger partial charge in [0.1, 0.15) is 0 Å². The number of nitrogens with one attached hydrogen (secondary N) is 1. The van der Waals surface area contributed by atoms with Crippen LogP contribution < -0.4 is 0 Å². The number of amides is 1. The molecule has 1 fully saturated rings. The standard InChI is InChI=1S/C14H17N5O2/c20-13-8-19(14(21)4-12-6-16-9-18-12)7-10(13)3-11-5-15-1-2-17-11/h1-2,5-6,9-10,13,20H,3-4,7-8H2,(H,16,18)/t10-,13-/m1/s1. The second-order valence-corrected chi connectivity index (χ2v) is 5.28. The minimum absolute atomic E-state index is 0.0000501. The Morgan fingerprint density at radius 2 is 2.24 bits per heavy atom. The Morgan fingerprint density at radius 1 is 1.33 bits per heavy atom. The van der Waals surface area contributed by atoms with E-state index in [1.165, 1.54) is 0 Å². The van der Waals surface area contributed by atoms with E-state index in [0.717, 1.165) is 11.4 Å². The Kier molecular flexibility index (Phi) is 3.92. The zero-order valence-electron chi connectivity index (χ0n) is 11.5. The lowest BCUT2D eigenvalue weighted by Crippen LogP contribution is -2.31. The molecule has 1 amide bonds. The summed E-state index contributed by atoms with van der Waals surface area (Å²) in [6.45, 7) is 0.919. The van der Waals surface area contributed by atoms with Crippen LogP contribution in [0.4, 0.5) is 0 Å². The molecule has 1 aliphatic heterocycles. The van der Waals surface area contributed by atoms with E-state index in [0.29, 0.717) is 19.5 Å². The number of likely N-dealkylation sites (tertiary alicyclic amines) is 1. The number of imidazole rings is 1. The highest BCUT2D eigenvalue weighted by Gasteiger charge is 2.34. The van der Waals surface area contributed by atoms with Crippen LogP contribution in [-0.2, 0) is 17.6 Å². The SMILES string of the molecule is O=C(Cc1cnc[nH]1)N1C[C@@H](Cc2cnccn2)[C@H](O)C1. The van der Waals surface area contributed by atoms with Crippen molar-refractivity contribution in [1.29, 1.82) is 0 Å². The molecule has 1 aliphatic rings. The van der Waals surface area contributed by atoms with Gasteiger partial charge >= 0.3 is 0 Å². The Morgan fingerprint density at radius 3 is 2.95 bits per heavy atom. The zero-order valence-corrected chi connectivity index (χ0v) is 11.5. The highest BCUT2D eigenvalue weighted by atomic mass is 16.3. The number of aliphatic hydroxyl groups is 1. The van der Waals surface area contributed by atoms with Crippen molar-refractivity contribution in [3.8, 4) is 0 Å². The van der Waals surface area contributed by atoms with E-state index in [4.69, 9.17) is 0 Å². The van der Waals surface area contributed by atoms with Gasteiger partial charge in [0.2, 0.25) is 5.91 Å². The molecule has 3 rings (SSSR count). The Balaban J connectivity index is 1.59. The third-order valence-corrected chi connectivity index (χ3v) is 3.74. The maximum Gasteiger partial charge on any atom is 0.228 e. The van der Waals surface area contributed by atoms with Gasteiger partial charge in [-0.2, -0.15) is 0 Å². The van der Waals surface area contributed by atoms with Gasteiger partial charge < -0.3 is 15.0 Å². The molecule has 7 nitrogen and oxygen atoms in total. The second-order valence-electron chi connectivity index (χ2n) is 5.28. The normalized spacial score (nSPS) is 21.7. The summed E-state index contributed by atoms with van der Waals surface area (Å²) >= 11 is 0. The Bertz CT molecular complexity index is 587. The number of rotatable bonds is 4. The number of H-pyrrole nitrogens is 1. The predicted molar refractivity (Wildman–Crippen MR) is 74.1 cm³/mol.